The molecule has 0 spiro atoms. The average Bonchev–Trinajstić information content (AvgIpc) is 2.93. The number of rotatable bonds is 6. The van der Waals surface area contributed by atoms with E-state index in [4.69, 9.17) is 0 Å². The lowest BCUT2D eigenvalue weighted by molar-refractivity contribution is 0.481. The Balaban J connectivity index is 0.00000200. The molecule has 1 N–H and O–H groups in total. The molecular weight excluding hydrogens is 274 g/mol. The number of nitrogens with one attached hydrogen (secondary N) is 1. The predicted molar refractivity (Wildman–Crippen MR) is 84.3 cm³/mol. The van der Waals surface area contributed by atoms with Crippen LogP contribution in [0, 0.1) is 12.8 Å². The van der Waals surface area contributed by atoms with Gasteiger partial charge < -0.3 is 5.32 Å². The molecule has 2 rings (SSSR count). The molecule has 0 aliphatic heterocycles. The van der Waals surface area contributed by atoms with Crippen LogP contribution in [0.25, 0.3) is 0 Å². The van der Waals surface area contributed by atoms with Crippen LogP contribution in [0.5, 0.6) is 0 Å². The van der Waals surface area contributed by atoms with Crippen molar-refractivity contribution in [2.75, 3.05) is 5.32 Å². The van der Waals surface area contributed by atoms with Gasteiger partial charge in [0.05, 0.1) is 23.6 Å². The van der Waals surface area contributed by atoms with Gasteiger partial charge in [-0.3, -0.25) is 9.36 Å². The molecule has 0 bridgehead atoms. The fraction of sp³-hybridized carbons (Fsp3) is 0.571. The number of halogens is 1. The molecule has 5 nitrogen and oxygen atoms in total. The van der Waals surface area contributed by atoms with Gasteiger partial charge in [-0.05, 0) is 25.8 Å². The Hall–Kier alpha value is -1.49. The summed E-state index contributed by atoms with van der Waals surface area (Å²) >= 11 is 0. The number of aromatic nitrogens is 4. The lowest BCUT2D eigenvalue weighted by atomic mass is 10.2. The molecule has 112 valence electrons. The van der Waals surface area contributed by atoms with Crippen molar-refractivity contribution in [3.05, 3.63) is 29.8 Å². The van der Waals surface area contributed by atoms with E-state index >= 15 is 0 Å². The van der Waals surface area contributed by atoms with Gasteiger partial charge in [0.1, 0.15) is 0 Å². The third-order valence-electron chi connectivity index (χ3n) is 2.98. The fourth-order valence-electron chi connectivity index (χ4n) is 2.02. The molecule has 2 heterocycles. The van der Waals surface area contributed by atoms with Gasteiger partial charge in [0.15, 0.2) is 0 Å². The van der Waals surface area contributed by atoms with E-state index in [-0.39, 0.29) is 12.4 Å². The summed E-state index contributed by atoms with van der Waals surface area (Å²) in [6.07, 6.45) is 4.08. The van der Waals surface area contributed by atoms with Crippen molar-refractivity contribution in [2.24, 2.45) is 5.92 Å². The van der Waals surface area contributed by atoms with Crippen LogP contribution in [-0.4, -0.2) is 19.6 Å². The molecule has 2 aromatic heterocycles. The van der Waals surface area contributed by atoms with Crippen LogP contribution in [0.3, 0.4) is 0 Å². The summed E-state index contributed by atoms with van der Waals surface area (Å²) in [5.74, 6) is 0.604. The molecule has 6 heteroatoms. The maximum Gasteiger partial charge on any atom is 0.0825 e. The van der Waals surface area contributed by atoms with Gasteiger partial charge in [0.2, 0.25) is 0 Å². The van der Waals surface area contributed by atoms with Crippen LogP contribution < -0.4 is 5.32 Å². The Labute approximate surface area is 126 Å². The third-order valence-corrected chi connectivity index (χ3v) is 2.98. The minimum atomic E-state index is 0. The van der Waals surface area contributed by atoms with Crippen LogP contribution in [0.1, 0.15) is 32.2 Å². The van der Waals surface area contributed by atoms with E-state index in [2.05, 4.69) is 42.5 Å². The first-order valence-corrected chi connectivity index (χ1v) is 6.88. The Kier molecular flexibility index (Phi) is 6.07. The number of nitrogens with zero attached hydrogens (tertiary/aromatic N) is 4. The lowest BCUT2D eigenvalue weighted by Crippen LogP contribution is -2.04. The Morgan fingerprint density at radius 2 is 2.00 bits per heavy atom. The highest BCUT2D eigenvalue weighted by atomic mass is 35.5. The molecule has 0 atom stereocenters. The van der Waals surface area contributed by atoms with Crippen LogP contribution in [0.4, 0.5) is 5.69 Å². The van der Waals surface area contributed by atoms with Crippen LogP contribution in [-0.2, 0) is 19.6 Å². The number of anilines is 1. The quantitative estimate of drug-likeness (QED) is 0.891. The average molecular weight is 298 g/mol. The molecule has 0 saturated carbocycles. The predicted octanol–water partition coefficient (Wildman–Crippen LogP) is 3.10. The molecule has 0 fully saturated rings. The maximum atomic E-state index is 4.51. The molecular formula is C14H24ClN5. The van der Waals surface area contributed by atoms with Crippen molar-refractivity contribution in [1.29, 1.82) is 0 Å². The highest BCUT2D eigenvalue weighted by Crippen LogP contribution is 2.14. The Bertz CT molecular complexity index is 529. The first kappa shape index (κ1) is 16.6. The molecule has 0 saturated heterocycles. The molecule has 0 amide bonds. The summed E-state index contributed by atoms with van der Waals surface area (Å²) in [5.41, 5.74) is 3.18. The monoisotopic (exact) mass is 297 g/mol. The van der Waals surface area contributed by atoms with Crippen molar-refractivity contribution in [3.63, 3.8) is 0 Å². The van der Waals surface area contributed by atoms with E-state index in [9.17, 15) is 0 Å². The van der Waals surface area contributed by atoms with Crippen LogP contribution >= 0.6 is 12.4 Å². The van der Waals surface area contributed by atoms with Gasteiger partial charge in [0.25, 0.3) is 0 Å². The molecule has 0 aliphatic carbocycles. The van der Waals surface area contributed by atoms with E-state index in [1.54, 1.807) is 0 Å². The standard InChI is InChI=1S/C14H23N5.ClH/c1-5-18-7-6-13(17-18)8-15-14-10-19(9-11(2)3)16-12(14)4;/h6-7,10-11,15H,5,8-9H2,1-4H3;1H. The lowest BCUT2D eigenvalue weighted by Gasteiger charge is -2.03. The zero-order valence-electron chi connectivity index (χ0n) is 12.6. The summed E-state index contributed by atoms with van der Waals surface area (Å²) in [7, 11) is 0. The van der Waals surface area contributed by atoms with Gasteiger partial charge in [-0.15, -0.1) is 12.4 Å². The second-order valence-electron chi connectivity index (χ2n) is 5.26. The first-order chi connectivity index (χ1) is 9.08. The zero-order chi connectivity index (χ0) is 13.8. The van der Waals surface area contributed by atoms with Crippen molar-refractivity contribution < 1.29 is 0 Å². The van der Waals surface area contributed by atoms with Crippen molar-refractivity contribution in [1.82, 2.24) is 19.6 Å². The zero-order valence-corrected chi connectivity index (χ0v) is 13.4. The molecule has 20 heavy (non-hydrogen) atoms. The fourth-order valence-corrected chi connectivity index (χ4v) is 2.02. The van der Waals surface area contributed by atoms with Gasteiger partial charge in [-0.25, -0.2) is 0 Å². The van der Waals surface area contributed by atoms with Crippen LogP contribution in [0.15, 0.2) is 18.5 Å². The summed E-state index contributed by atoms with van der Waals surface area (Å²) in [6.45, 7) is 11.1. The van der Waals surface area contributed by atoms with Crippen molar-refractivity contribution >= 4 is 18.1 Å². The van der Waals surface area contributed by atoms with E-state index < -0.39 is 0 Å². The molecule has 0 unspecified atom stereocenters. The van der Waals surface area contributed by atoms with Gasteiger partial charge in [-0.2, -0.15) is 10.2 Å². The van der Waals surface area contributed by atoms with Crippen molar-refractivity contribution in [3.8, 4) is 0 Å². The molecule has 2 aromatic rings. The second-order valence-corrected chi connectivity index (χ2v) is 5.26. The maximum absolute atomic E-state index is 4.51. The topological polar surface area (TPSA) is 47.7 Å². The third kappa shape index (κ3) is 4.27. The summed E-state index contributed by atoms with van der Waals surface area (Å²) in [5, 5.41) is 12.4. The number of aryl methyl sites for hydroxylation is 2. The van der Waals surface area contributed by atoms with E-state index in [0.29, 0.717) is 5.92 Å². The SMILES string of the molecule is CCn1ccc(CNc2cn(CC(C)C)nc2C)n1.Cl. The Morgan fingerprint density at radius 1 is 1.25 bits per heavy atom. The smallest absolute Gasteiger partial charge is 0.0825 e. The number of hydrogen-bond donors (Lipinski definition) is 1. The summed E-state index contributed by atoms with van der Waals surface area (Å²) in [4.78, 5) is 0. The highest BCUT2D eigenvalue weighted by molar-refractivity contribution is 5.85. The number of hydrogen-bond acceptors (Lipinski definition) is 3. The first-order valence-electron chi connectivity index (χ1n) is 6.88. The Morgan fingerprint density at radius 3 is 2.60 bits per heavy atom. The molecule has 0 aromatic carbocycles. The van der Waals surface area contributed by atoms with E-state index in [1.807, 2.05) is 28.6 Å². The van der Waals surface area contributed by atoms with E-state index in [1.165, 1.54) is 0 Å². The van der Waals surface area contributed by atoms with Crippen molar-refractivity contribution in [2.45, 2.75) is 47.3 Å². The van der Waals surface area contributed by atoms with Crippen LogP contribution in [0.2, 0.25) is 0 Å². The summed E-state index contributed by atoms with van der Waals surface area (Å²) in [6, 6.07) is 2.05. The van der Waals surface area contributed by atoms with E-state index in [0.717, 1.165) is 36.7 Å². The van der Waals surface area contributed by atoms with Gasteiger partial charge in [-0.1, -0.05) is 13.8 Å². The normalized spacial score (nSPS) is 10.7. The minimum Gasteiger partial charge on any atom is -0.377 e. The van der Waals surface area contributed by atoms with Gasteiger partial charge >= 0.3 is 0 Å². The highest BCUT2D eigenvalue weighted by Gasteiger charge is 2.06. The molecule has 0 aliphatic rings. The summed E-state index contributed by atoms with van der Waals surface area (Å²) < 4.78 is 3.94. The second kappa shape index (κ2) is 7.33. The van der Waals surface area contributed by atoms with Gasteiger partial charge in [0, 0.05) is 25.5 Å². The minimum absolute atomic E-state index is 0. The largest absolute Gasteiger partial charge is 0.377 e. The molecule has 0 radical (unpaired) electrons.